The van der Waals surface area contributed by atoms with Crippen LogP contribution in [0.3, 0.4) is 0 Å². The van der Waals surface area contributed by atoms with Gasteiger partial charge in [0.25, 0.3) is 0 Å². The van der Waals surface area contributed by atoms with Crippen molar-refractivity contribution in [3.8, 4) is 17.3 Å². The summed E-state index contributed by atoms with van der Waals surface area (Å²) < 4.78 is 8.18. The van der Waals surface area contributed by atoms with Crippen LogP contribution in [0.25, 0.3) is 5.69 Å². The van der Waals surface area contributed by atoms with Crippen molar-refractivity contribution in [3.05, 3.63) is 71.9 Å². The van der Waals surface area contributed by atoms with Crippen LogP contribution in [-0.2, 0) is 11.3 Å². The third kappa shape index (κ3) is 4.56. The monoisotopic (exact) mass is 403 g/mol. The van der Waals surface area contributed by atoms with Crippen LogP contribution in [0.1, 0.15) is 37.9 Å². The van der Waals surface area contributed by atoms with E-state index in [4.69, 9.17) is 9.84 Å². The molecule has 0 aliphatic heterocycles. The van der Waals surface area contributed by atoms with Gasteiger partial charge in [-0.25, -0.2) is 4.68 Å². The number of rotatable bonds is 8. The van der Waals surface area contributed by atoms with E-state index in [9.17, 15) is 4.79 Å². The number of amides is 1. The highest BCUT2D eigenvalue weighted by atomic mass is 16.5. The van der Waals surface area contributed by atoms with Crippen molar-refractivity contribution in [2.75, 3.05) is 6.54 Å². The molecule has 3 aromatic rings. The lowest BCUT2D eigenvalue weighted by atomic mass is 10.1. The number of carbonyl (C=O) groups excluding carboxylic acids is 1. The Balaban J connectivity index is 1.73. The second-order valence-corrected chi connectivity index (χ2v) is 8.35. The first-order valence-electron chi connectivity index (χ1n) is 10.7. The molecule has 1 aliphatic carbocycles. The summed E-state index contributed by atoms with van der Waals surface area (Å²) in [7, 11) is 0. The van der Waals surface area contributed by atoms with Crippen molar-refractivity contribution in [1.82, 2.24) is 14.7 Å². The Labute approximate surface area is 178 Å². The quantitative estimate of drug-likeness (QED) is 0.508. The van der Waals surface area contributed by atoms with Gasteiger partial charge in [0.1, 0.15) is 5.75 Å². The lowest BCUT2D eigenvalue weighted by Crippen LogP contribution is -2.35. The van der Waals surface area contributed by atoms with Crippen molar-refractivity contribution in [2.24, 2.45) is 11.8 Å². The van der Waals surface area contributed by atoms with Crippen LogP contribution in [0.2, 0.25) is 0 Å². The minimum Gasteiger partial charge on any atom is -0.439 e. The maximum atomic E-state index is 12.9. The third-order valence-electron chi connectivity index (χ3n) is 5.43. The number of carbonyl (C=O) groups is 1. The molecule has 1 amide bonds. The summed E-state index contributed by atoms with van der Waals surface area (Å²) in [6, 6.07) is 19.7. The first-order valence-corrected chi connectivity index (χ1v) is 10.7. The van der Waals surface area contributed by atoms with Gasteiger partial charge in [0.15, 0.2) is 0 Å². The average Bonchev–Trinajstić information content (AvgIpc) is 3.53. The number of ether oxygens (including phenoxy) is 1. The largest absolute Gasteiger partial charge is 0.439 e. The van der Waals surface area contributed by atoms with Crippen molar-refractivity contribution < 1.29 is 9.53 Å². The molecule has 4 rings (SSSR count). The summed E-state index contributed by atoms with van der Waals surface area (Å²) in [6.07, 6.45) is 2.41. The van der Waals surface area contributed by atoms with Crippen LogP contribution < -0.4 is 4.74 Å². The molecule has 1 aliphatic rings. The number of aryl methyl sites for hydroxylation is 1. The highest BCUT2D eigenvalue weighted by Gasteiger charge is 2.30. The number of aromatic nitrogens is 2. The molecule has 1 saturated carbocycles. The molecule has 5 nitrogen and oxygen atoms in total. The van der Waals surface area contributed by atoms with Crippen LogP contribution in [0.4, 0.5) is 0 Å². The minimum absolute atomic E-state index is 0.0354. The minimum atomic E-state index is -0.0354. The second kappa shape index (κ2) is 8.74. The Bertz CT molecular complexity index is 992. The molecule has 0 saturated heterocycles. The Hall–Kier alpha value is -3.08. The predicted molar refractivity (Wildman–Crippen MR) is 118 cm³/mol. The normalized spacial score (nSPS) is 13.5. The molecular weight excluding hydrogens is 374 g/mol. The fourth-order valence-electron chi connectivity index (χ4n) is 3.57. The average molecular weight is 404 g/mol. The molecule has 1 heterocycles. The lowest BCUT2D eigenvalue weighted by molar-refractivity contribution is -0.135. The first-order chi connectivity index (χ1) is 14.5. The Morgan fingerprint density at radius 1 is 1.10 bits per heavy atom. The molecule has 1 fully saturated rings. The standard InChI is InChI=1S/C25H29N3O2/c1-18(2)24(29)27(16-20-14-15-20)17-23-19(3)26-28(21-10-6-4-7-11-21)25(23)30-22-12-8-5-9-13-22/h4-13,18,20H,14-17H2,1-3H3. The van der Waals surface area contributed by atoms with Gasteiger partial charge in [-0.05, 0) is 49.9 Å². The number of benzene rings is 2. The zero-order chi connectivity index (χ0) is 21.1. The fraction of sp³-hybridized carbons (Fsp3) is 0.360. The number of hydrogen-bond acceptors (Lipinski definition) is 3. The molecule has 2 aromatic carbocycles. The van der Waals surface area contributed by atoms with Crippen molar-refractivity contribution >= 4 is 5.91 Å². The van der Waals surface area contributed by atoms with Gasteiger partial charge >= 0.3 is 0 Å². The van der Waals surface area contributed by atoms with Crippen molar-refractivity contribution in [2.45, 2.75) is 40.2 Å². The van der Waals surface area contributed by atoms with E-state index >= 15 is 0 Å². The van der Waals surface area contributed by atoms with Crippen LogP contribution in [0.5, 0.6) is 11.6 Å². The highest BCUT2D eigenvalue weighted by Crippen LogP contribution is 2.34. The van der Waals surface area contributed by atoms with E-state index in [1.807, 2.05) is 91.0 Å². The van der Waals surface area contributed by atoms with E-state index in [1.54, 1.807) is 0 Å². The molecule has 5 heteroatoms. The van der Waals surface area contributed by atoms with Gasteiger partial charge in [-0.15, -0.1) is 0 Å². The zero-order valence-electron chi connectivity index (χ0n) is 17.9. The van der Waals surface area contributed by atoms with Crippen LogP contribution in [0.15, 0.2) is 60.7 Å². The molecular formula is C25H29N3O2. The molecule has 1 aromatic heterocycles. The van der Waals surface area contributed by atoms with Gasteiger partial charge in [-0.3, -0.25) is 4.79 Å². The Morgan fingerprint density at radius 3 is 2.33 bits per heavy atom. The number of para-hydroxylation sites is 2. The fourth-order valence-corrected chi connectivity index (χ4v) is 3.57. The van der Waals surface area contributed by atoms with E-state index in [0.717, 1.165) is 29.2 Å². The van der Waals surface area contributed by atoms with Gasteiger partial charge in [-0.1, -0.05) is 50.2 Å². The van der Waals surface area contributed by atoms with Crippen molar-refractivity contribution in [3.63, 3.8) is 0 Å². The van der Waals surface area contributed by atoms with Gasteiger partial charge in [0.05, 0.1) is 23.5 Å². The SMILES string of the molecule is Cc1nn(-c2ccccc2)c(Oc2ccccc2)c1CN(CC1CC1)C(=O)C(C)C. The molecule has 0 bridgehead atoms. The second-order valence-electron chi connectivity index (χ2n) is 8.35. The maximum absolute atomic E-state index is 12.9. The Morgan fingerprint density at radius 2 is 1.73 bits per heavy atom. The predicted octanol–water partition coefficient (Wildman–Crippen LogP) is 5.37. The molecule has 0 radical (unpaired) electrons. The summed E-state index contributed by atoms with van der Waals surface area (Å²) in [4.78, 5) is 14.9. The summed E-state index contributed by atoms with van der Waals surface area (Å²) in [5.74, 6) is 2.18. The first kappa shape index (κ1) is 20.2. The van der Waals surface area contributed by atoms with E-state index in [0.29, 0.717) is 18.3 Å². The zero-order valence-corrected chi connectivity index (χ0v) is 17.9. The van der Waals surface area contributed by atoms with E-state index < -0.39 is 0 Å². The van der Waals surface area contributed by atoms with Crippen LogP contribution in [0, 0.1) is 18.8 Å². The van der Waals surface area contributed by atoms with Gasteiger partial charge in [0.2, 0.25) is 11.8 Å². The van der Waals surface area contributed by atoms with E-state index in [1.165, 1.54) is 12.8 Å². The molecule has 30 heavy (non-hydrogen) atoms. The third-order valence-corrected chi connectivity index (χ3v) is 5.43. The van der Waals surface area contributed by atoms with Crippen molar-refractivity contribution in [1.29, 1.82) is 0 Å². The smallest absolute Gasteiger partial charge is 0.227 e. The van der Waals surface area contributed by atoms with E-state index in [2.05, 4.69) is 0 Å². The summed E-state index contributed by atoms with van der Waals surface area (Å²) >= 11 is 0. The summed E-state index contributed by atoms with van der Waals surface area (Å²) in [6.45, 7) is 7.22. The van der Waals surface area contributed by atoms with Gasteiger partial charge in [-0.2, -0.15) is 5.10 Å². The summed E-state index contributed by atoms with van der Waals surface area (Å²) in [5, 5.41) is 4.78. The molecule has 0 unspecified atom stereocenters. The molecule has 0 atom stereocenters. The van der Waals surface area contributed by atoms with Gasteiger partial charge < -0.3 is 9.64 Å². The maximum Gasteiger partial charge on any atom is 0.227 e. The molecule has 0 N–H and O–H groups in total. The van der Waals surface area contributed by atoms with Gasteiger partial charge in [0, 0.05) is 12.5 Å². The van der Waals surface area contributed by atoms with Crippen LogP contribution in [-0.4, -0.2) is 27.1 Å². The molecule has 0 spiro atoms. The number of hydrogen-bond donors (Lipinski definition) is 0. The lowest BCUT2D eigenvalue weighted by Gasteiger charge is -2.25. The van der Waals surface area contributed by atoms with Crippen LogP contribution >= 0.6 is 0 Å². The highest BCUT2D eigenvalue weighted by molar-refractivity contribution is 5.78. The summed E-state index contributed by atoms with van der Waals surface area (Å²) in [5.41, 5.74) is 2.77. The topological polar surface area (TPSA) is 47.4 Å². The van der Waals surface area contributed by atoms with E-state index in [-0.39, 0.29) is 11.8 Å². The Kier molecular flexibility index (Phi) is 5.88. The molecule has 156 valence electrons. The number of nitrogens with zero attached hydrogens (tertiary/aromatic N) is 3.